The monoisotopic (exact) mass is 227 g/mol. The molecule has 6 heteroatoms. The van der Waals surface area contributed by atoms with Gasteiger partial charge in [0.15, 0.2) is 5.82 Å². The molecule has 1 N–H and O–H groups in total. The molecule has 0 aliphatic rings. The van der Waals surface area contributed by atoms with Crippen molar-refractivity contribution in [3.05, 3.63) is 35.8 Å². The van der Waals surface area contributed by atoms with Crippen molar-refractivity contribution in [2.75, 3.05) is 0 Å². The summed E-state index contributed by atoms with van der Waals surface area (Å²) in [5, 5.41) is 0. The van der Waals surface area contributed by atoms with E-state index >= 15 is 0 Å². The van der Waals surface area contributed by atoms with E-state index in [0.29, 0.717) is 5.69 Å². The van der Waals surface area contributed by atoms with Crippen molar-refractivity contribution in [3.63, 3.8) is 0 Å². The summed E-state index contributed by atoms with van der Waals surface area (Å²) in [6.45, 7) is 1.83. The fourth-order valence-corrected chi connectivity index (χ4v) is 1.26. The Kier molecular flexibility index (Phi) is 2.41. The number of aromatic amines is 1. The fourth-order valence-electron chi connectivity index (χ4n) is 1.26. The van der Waals surface area contributed by atoms with E-state index in [1.807, 2.05) is 6.92 Å². The highest BCUT2D eigenvalue weighted by Crippen LogP contribution is 2.28. The molecular formula is C10H8F3N3. The predicted octanol–water partition coefficient (Wildman–Crippen LogP) is 2.80. The van der Waals surface area contributed by atoms with Gasteiger partial charge < -0.3 is 4.98 Å². The third-order valence-corrected chi connectivity index (χ3v) is 2.04. The van der Waals surface area contributed by atoms with E-state index in [0.717, 1.165) is 11.8 Å². The van der Waals surface area contributed by atoms with Gasteiger partial charge in [-0.05, 0) is 24.6 Å². The first kappa shape index (κ1) is 10.7. The number of nitrogens with zero attached hydrogens (tertiary/aromatic N) is 2. The fraction of sp³-hybridized carbons (Fsp3) is 0.200. The minimum atomic E-state index is -4.41. The van der Waals surface area contributed by atoms with Gasteiger partial charge in [0, 0.05) is 6.20 Å². The van der Waals surface area contributed by atoms with E-state index in [4.69, 9.17) is 0 Å². The lowest BCUT2D eigenvalue weighted by atomic mass is 10.2. The molecule has 0 fully saturated rings. The van der Waals surface area contributed by atoms with Crippen LogP contribution in [0.1, 0.15) is 11.3 Å². The van der Waals surface area contributed by atoms with Gasteiger partial charge in [-0.2, -0.15) is 13.2 Å². The van der Waals surface area contributed by atoms with Crippen LogP contribution in [0.4, 0.5) is 13.2 Å². The first-order valence-electron chi connectivity index (χ1n) is 4.52. The molecule has 84 valence electrons. The van der Waals surface area contributed by atoms with Crippen molar-refractivity contribution >= 4 is 0 Å². The summed E-state index contributed by atoms with van der Waals surface area (Å²) in [5.41, 5.74) is 0.441. The third-order valence-electron chi connectivity index (χ3n) is 2.04. The molecular weight excluding hydrogens is 219 g/mol. The predicted molar refractivity (Wildman–Crippen MR) is 51.6 cm³/mol. The number of hydrogen-bond acceptors (Lipinski definition) is 2. The van der Waals surface area contributed by atoms with Crippen LogP contribution in [0.2, 0.25) is 0 Å². The molecule has 0 saturated heterocycles. The molecule has 2 aromatic heterocycles. The molecule has 0 radical (unpaired) electrons. The highest BCUT2D eigenvalue weighted by Gasteiger charge is 2.33. The lowest BCUT2D eigenvalue weighted by Crippen LogP contribution is -2.04. The van der Waals surface area contributed by atoms with E-state index in [9.17, 15) is 13.2 Å². The zero-order chi connectivity index (χ0) is 11.8. The summed E-state index contributed by atoms with van der Waals surface area (Å²) >= 11 is 0. The largest absolute Gasteiger partial charge is 0.432 e. The zero-order valence-electron chi connectivity index (χ0n) is 8.34. The van der Waals surface area contributed by atoms with Crippen LogP contribution in [0.5, 0.6) is 0 Å². The normalized spacial score (nSPS) is 11.8. The highest BCUT2D eigenvalue weighted by molar-refractivity contribution is 5.50. The number of pyridine rings is 1. The molecule has 0 bridgehead atoms. The number of hydrogen-bond donors (Lipinski definition) is 1. The quantitative estimate of drug-likeness (QED) is 0.813. The summed E-state index contributed by atoms with van der Waals surface area (Å²) in [7, 11) is 0. The van der Waals surface area contributed by atoms with Gasteiger partial charge in [0.1, 0.15) is 11.4 Å². The molecule has 2 heterocycles. The smallest absolute Gasteiger partial charge is 0.333 e. The summed E-state index contributed by atoms with van der Waals surface area (Å²) < 4.78 is 36.9. The number of halogens is 3. The Bertz CT molecular complexity index is 502. The highest BCUT2D eigenvalue weighted by atomic mass is 19.4. The van der Waals surface area contributed by atoms with E-state index in [-0.39, 0.29) is 5.82 Å². The van der Waals surface area contributed by atoms with Gasteiger partial charge in [-0.15, -0.1) is 0 Å². The number of nitrogens with one attached hydrogen (secondary N) is 1. The van der Waals surface area contributed by atoms with Gasteiger partial charge in [0.2, 0.25) is 0 Å². The summed E-state index contributed by atoms with van der Waals surface area (Å²) in [6.07, 6.45) is -2.12. The number of imidazole rings is 1. The van der Waals surface area contributed by atoms with E-state index in [2.05, 4.69) is 15.0 Å². The van der Waals surface area contributed by atoms with Crippen LogP contribution < -0.4 is 0 Å². The maximum absolute atomic E-state index is 12.3. The molecule has 0 aromatic carbocycles. The second-order valence-corrected chi connectivity index (χ2v) is 3.36. The van der Waals surface area contributed by atoms with Gasteiger partial charge in [0.25, 0.3) is 0 Å². The Morgan fingerprint density at radius 1 is 1.25 bits per heavy atom. The van der Waals surface area contributed by atoms with Gasteiger partial charge in [0.05, 0.1) is 6.20 Å². The molecule has 2 rings (SSSR count). The molecule has 3 nitrogen and oxygen atoms in total. The molecule has 2 aromatic rings. The van der Waals surface area contributed by atoms with Crippen LogP contribution in [-0.4, -0.2) is 15.0 Å². The maximum Gasteiger partial charge on any atom is 0.432 e. The third kappa shape index (κ3) is 2.05. The minimum absolute atomic E-state index is 0.121. The second kappa shape index (κ2) is 3.62. The standard InChI is InChI=1S/C10H8F3N3/c1-6-2-3-14-7(4-6)9-15-5-8(16-9)10(11,12)13/h2-5H,1H3,(H,15,16). The number of aryl methyl sites for hydroxylation is 1. The van der Waals surface area contributed by atoms with Gasteiger partial charge in [-0.25, -0.2) is 4.98 Å². The van der Waals surface area contributed by atoms with Crippen molar-refractivity contribution in [2.24, 2.45) is 0 Å². The average molecular weight is 227 g/mol. The molecule has 0 spiro atoms. The van der Waals surface area contributed by atoms with Crippen molar-refractivity contribution in [2.45, 2.75) is 13.1 Å². The topological polar surface area (TPSA) is 41.6 Å². The van der Waals surface area contributed by atoms with Crippen LogP contribution in [0.25, 0.3) is 11.5 Å². The van der Waals surface area contributed by atoms with Gasteiger partial charge in [-0.1, -0.05) is 0 Å². The van der Waals surface area contributed by atoms with Crippen LogP contribution in [0.3, 0.4) is 0 Å². The Labute approximate surface area is 89.4 Å². The minimum Gasteiger partial charge on any atom is -0.333 e. The summed E-state index contributed by atoms with van der Waals surface area (Å²) in [4.78, 5) is 9.80. The summed E-state index contributed by atoms with van der Waals surface area (Å²) in [5.74, 6) is 0.121. The van der Waals surface area contributed by atoms with Crippen molar-refractivity contribution in [3.8, 4) is 11.5 Å². The zero-order valence-corrected chi connectivity index (χ0v) is 8.34. The van der Waals surface area contributed by atoms with E-state index in [1.165, 1.54) is 6.20 Å². The lowest BCUT2D eigenvalue weighted by Gasteiger charge is -2.01. The van der Waals surface area contributed by atoms with Gasteiger partial charge in [-0.3, -0.25) is 4.98 Å². The molecule has 16 heavy (non-hydrogen) atoms. The van der Waals surface area contributed by atoms with Gasteiger partial charge >= 0.3 is 6.18 Å². The Hall–Kier alpha value is -1.85. The molecule has 0 atom stereocenters. The van der Waals surface area contributed by atoms with Crippen LogP contribution in [-0.2, 0) is 6.18 Å². The van der Waals surface area contributed by atoms with E-state index in [1.54, 1.807) is 12.1 Å². The Morgan fingerprint density at radius 3 is 2.56 bits per heavy atom. The molecule has 0 aliphatic carbocycles. The van der Waals surface area contributed by atoms with Crippen molar-refractivity contribution in [1.29, 1.82) is 0 Å². The summed E-state index contributed by atoms with van der Waals surface area (Å²) in [6, 6.07) is 3.43. The maximum atomic E-state index is 12.3. The first-order valence-corrected chi connectivity index (χ1v) is 4.52. The molecule has 0 saturated carbocycles. The van der Waals surface area contributed by atoms with Crippen LogP contribution >= 0.6 is 0 Å². The number of aromatic nitrogens is 3. The number of rotatable bonds is 1. The van der Waals surface area contributed by atoms with Crippen LogP contribution in [0, 0.1) is 6.92 Å². The van der Waals surface area contributed by atoms with Crippen LogP contribution in [0.15, 0.2) is 24.5 Å². The Balaban J connectivity index is 2.39. The molecule has 0 aliphatic heterocycles. The number of alkyl halides is 3. The van der Waals surface area contributed by atoms with E-state index < -0.39 is 11.9 Å². The molecule has 0 amide bonds. The van der Waals surface area contributed by atoms with Crippen molar-refractivity contribution < 1.29 is 13.2 Å². The lowest BCUT2D eigenvalue weighted by molar-refractivity contribution is -0.140. The first-order chi connectivity index (χ1) is 7.47. The van der Waals surface area contributed by atoms with Crippen molar-refractivity contribution in [1.82, 2.24) is 15.0 Å². The number of H-pyrrole nitrogens is 1. The Morgan fingerprint density at radius 2 is 2.00 bits per heavy atom. The second-order valence-electron chi connectivity index (χ2n) is 3.36. The average Bonchev–Trinajstić information content (AvgIpc) is 2.65. The molecule has 0 unspecified atom stereocenters. The SMILES string of the molecule is Cc1ccnc(-c2ncc(C(F)(F)F)[nH]2)c1.